The first-order chi connectivity index (χ1) is 9.68. The molecule has 1 saturated heterocycles. The van der Waals surface area contributed by atoms with Gasteiger partial charge in [0.05, 0.1) is 12.7 Å². The lowest BCUT2D eigenvalue weighted by molar-refractivity contribution is -0.000133. The zero-order valence-electron chi connectivity index (χ0n) is 14.1. The number of ether oxygens (including phenoxy) is 2. The number of carbonyl (C=O) groups excluding carboxylic acids is 1. The fourth-order valence-corrected chi connectivity index (χ4v) is 2.64. The zero-order chi connectivity index (χ0) is 16.1. The number of aliphatic hydroxyl groups is 1. The molecule has 5 nitrogen and oxygen atoms in total. The van der Waals surface area contributed by atoms with Crippen molar-refractivity contribution in [1.82, 2.24) is 5.32 Å². The van der Waals surface area contributed by atoms with E-state index in [0.29, 0.717) is 6.54 Å². The molecule has 0 aromatic rings. The van der Waals surface area contributed by atoms with E-state index >= 15 is 0 Å². The number of rotatable bonds is 6. The summed E-state index contributed by atoms with van der Waals surface area (Å²) in [6, 6.07) is 0. The average molecular weight is 301 g/mol. The first-order valence-electron chi connectivity index (χ1n) is 7.88. The molecule has 1 fully saturated rings. The molecule has 124 valence electrons. The van der Waals surface area contributed by atoms with Crippen LogP contribution in [0.1, 0.15) is 53.9 Å². The minimum atomic E-state index is -0.516. The summed E-state index contributed by atoms with van der Waals surface area (Å²) < 4.78 is 11.0. The molecule has 1 amide bonds. The van der Waals surface area contributed by atoms with Crippen molar-refractivity contribution in [1.29, 1.82) is 0 Å². The summed E-state index contributed by atoms with van der Waals surface area (Å²) in [6.07, 6.45) is 2.61. The Morgan fingerprint density at radius 2 is 2.10 bits per heavy atom. The Labute approximate surface area is 128 Å². The summed E-state index contributed by atoms with van der Waals surface area (Å²) in [5.41, 5.74) is -0.885. The molecule has 2 atom stereocenters. The van der Waals surface area contributed by atoms with Crippen LogP contribution in [0.25, 0.3) is 0 Å². The molecule has 2 unspecified atom stereocenters. The van der Waals surface area contributed by atoms with Crippen molar-refractivity contribution in [3.05, 3.63) is 0 Å². The van der Waals surface area contributed by atoms with Crippen LogP contribution >= 0.6 is 0 Å². The third kappa shape index (κ3) is 5.83. The third-order valence-corrected chi connectivity index (χ3v) is 4.18. The van der Waals surface area contributed by atoms with Gasteiger partial charge >= 0.3 is 6.09 Å². The summed E-state index contributed by atoms with van der Waals surface area (Å²) >= 11 is 0. The highest BCUT2D eigenvalue weighted by Crippen LogP contribution is 2.35. The maximum Gasteiger partial charge on any atom is 0.407 e. The van der Waals surface area contributed by atoms with Gasteiger partial charge in [0, 0.05) is 18.6 Å². The monoisotopic (exact) mass is 301 g/mol. The lowest BCUT2D eigenvalue weighted by Crippen LogP contribution is -2.46. The Kier molecular flexibility index (Phi) is 6.47. The van der Waals surface area contributed by atoms with Crippen LogP contribution in [0.2, 0.25) is 0 Å². The number of carbonyl (C=O) groups is 1. The van der Waals surface area contributed by atoms with Gasteiger partial charge in [-0.25, -0.2) is 4.79 Å². The van der Waals surface area contributed by atoms with E-state index in [9.17, 15) is 9.90 Å². The van der Waals surface area contributed by atoms with Crippen molar-refractivity contribution in [2.24, 2.45) is 11.3 Å². The fourth-order valence-electron chi connectivity index (χ4n) is 2.64. The highest BCUT2D eigenvalue weighted by Gasteiger charge is 2.37. The van der Waals surface area contributed by atoms with Crippen LogP contribution in [0.5, 0.6) is 0 Å². The maximum atomic E-state index is 11.8. The SMILES string of the molecule is CC(C)C(CO)(CNC(=O)OC(C)(C)C)CC1CCCO1. The third-order valence-electron chi connectivity index (χ3n) is 4.18. The Hall–Kier alpha value is -0.810. The van der Waals surface area contributed by atoms with Crippen molar-refractivity contribution in [3.63, 3.8) is 0 Å². The van der Waals surface area contributed by atoms with E-state index < -0.39 is 11.7 Å². The minimum Gasteiger partial charge on any atom is -0.444 e. The first kappa shape index (κ1) is 18.2. The zero-order valence-corrected chi connectivity index (χ0v) is 14.1. The van der Waals surface area contributed by atoms with E-state index in [1.54, 1.807) is 0 Å². The molecule has 1 aliphatic rings. The summed E-state index contributed by atoms with van der Waals surface area (Å²) in [7, 11) is 0. The molecule has 1 heterocycles. The molecule has 0 radical (unpaired) electrons. The van der Waals surface area contributed by atoms with E-state index in [1.165, 1.54) is 0 Å². The molecule has 1 aliphatic heterocycles. The molecule has 0 aromatic carbocycles. The van der Waals surface area contributed by atoms with E-state index in [-0.39, 0.29) is 24.0 Å². The van der Waals surface area contributed by atoms with Gasteiger partial charge in [-0.15, -0.1) is 0 Å². The van der Waals surface area contributed by atoms with Crippen molar-refractivity contribution in [2.75, 3.05) is 19.8 Å². The van der Waals surface area contributed by atoms with Gasteiger partial charge < -0.3 is 19.9 Å². The van der Waals surface area contributed by atoms with Gasteiger partial charge in [0.1, 0.15) is 5.60 Å². The molecular formula is C16H31NO4. The maximum absolute atomic E-state index is 11.8. The molecule has 0 aliphatic carbocycles. The van der Waals surface area contributed by atoms with Gasteiger partial charge in [-0.2, -0.15) is 0 Å². The molecular weight excluding hydrogens is 270 g/mol. The van der Waals surface area contributed by atoms with Gasteiger partial charge in [-0.1, -0.05) is 13.8 Å². The quantitative estimate of drug-likeness (QED) is 0.791. The molecule has 0 bridgehead atoms. The second kappa shape index (κ2) is 7.45. The lowest BCUT2D eigenvalue weighted by Gasteiger charge is -2.38. The molecule has 2 N–H and O–H groups in total. The van der Waals surface area contributed by atoms with E-state index in [1.807, 2.05) is 20.8 Å². The molecule has 1 rings (SSSR count). The first-order valence-corrected chi connectivity index (χ1v) is 7.88. The largest absolute Gasteiger partial charge is 0.444 e. The summed E-state index contributed by atoms with van der Waals surface area (Å²) in [6.45, 7) is 10.9. The van der Waals surface area contributed by atoms with Crippen LogP contribution < -0.4 is 5.32 Å². The topological polar surface area (TPSA) is 67.8 Å². The van der Waals surface area contributed by atoms with Crippen LogP contribution in [-0.2, 0) is 9.47 Å². The number of aliphatic hydroxyl groups excluding tert-OH is 1. The number of nitrogens with one attached hydrogen (secondary N) is 1. The summed E-state index contributed by atoms with van der Waals surface area (Å²) in [4.78, 5) is 11.8. The van der Waals surface area contributed by atoms with Gasteiger partial charge in [-0.3, -0.25) is 0 Å². The van der Waals surface area contributed by atoms with Crippen molar-refractivity contribution < 1.29 is 19.4 Å². The highest BCUT2D eigenvalue weighted by atomic mass is 16.6. The minimum absolute atomic E-state index is 0.0281. The normalized spacial score (nSPS) is 22.1. The lowest BCUT2D eigenvalue weighted by atomic mass is 9.73. The van der Waals surface area contributed by atoms with Crippen molar-refractivity contribution >= 4 is 6.09 Å². The molecule has 21 heavy (non-hydrogen) atoms. The Balaban J connectivity index is 2.62. The Bertz CT molecular complexity index is 332. The second-order valence-electron chi connectivity index (χ2n) is 7.37. The van der Waals surface area contributed by atoms with Crippen molar-refractivity contribution in [2.45, 2.75) is 65.6 Å². The van der Waals surface area contributed by atoms with Crippen LogP contribution in [0.3, 0.4) is 0 Å². The van der Waals surface area contributed by atoms with Crippen LogP contribution in [-0.4, -0.2) is 42.7 Å². The second-order valence-corrected chi connectivity index (χ2v) is 7.37. The molecule has 0 saturated carbocycles. The molecule has 5 heteroatoms. The van der Waals surface area contributed by atoms with E-state index in [4.69, 9.17) is 9.47 Å². The Morgan fingerprint density at radius 1 is 1.43 bits per heavy atom. The van der Waals surface area contributed by atoms with Crippen LogP contribution in [0.4, 0.5) is 4.79 Å². The highest BCUT2D eigenvalue weighted by molar-refractivity contribution is 5.67. The number of alkyl carbamates (subject to hydrolysis) is 1. The predicted molar refractivity (Wildman–Crippen MR) is 82.2 cm³/mol. The number of hydrogen-bond donors (Lipinski definition) is 2. The average Bonchev–Trinajstić information content (AvgIpc) is 2.84. The van der Waals surface area contributed by atoms with Crippen molar-refractivity contribution in [3.8, 4) is 0 Å². The van der Waals surface area contributed by atoms with Gasteiger partial charge in [0.15, 0.2) is 0 Å². The Morgan fingerprint density at radius 3 is 2.52 bits per heavy atom. The van der Waals surface area contributed by atoms with Crippen LogP contribution in [0.15, 0.2) is 0 Å². The number of hydrogen-bond acceptors (Lipinski definition) is 4. The van der Waals surface area contributed by atoms with Crippen LogP contribution in [0, 0.1) is 11.3 Å². The predicted octanol–water partition coefficient (Wildman–Crippen LogP) is 2.71. The summed E-state index contributed by atoms with van der Waals surface area (Å²) in [5, 5.41) is 12.7. The smallest absolute Gasteiger partial charge is 0.407 e. The summed E-state index contributed by atoms with van der Waals surface area (Å²) in [5.74, 6) is 0.238. The van der Waals surface area contributed by atoms with E-state index in [0.717, 1.165) is 25.9 Å². The number of amides is 1. The van der Waals surface area contributed by atoms with Gasteiger partial charge in [0.2, 0.25) is 0 Å². The molecule has 0 aromatic heterocycles. The fraction of sp³-hybridized carbons (Fsp3) is 0.938. The standard InChI is InChI=1S/C16H31NO4/c1-12(2)16(11-18,9-13-7-6-8-20-13)10-17-14(19)21-15(3,4)5/h12-13,18H,6-11H2,1-5H3,(H,17,19). The van der Waals surface area contributed by atoms with E-state index in [2.05, 4.69) is 19.2 Å². The van der Waals surface area contributed by atoms with Gasteiger partial charge in [0.25, 0.3) is 0 Å². The molecule has 0 spiro atoms. The van der Waals surface area contributed by atoms with Gasteiger partial charge in [-0.05, 0) is 46.0 Å².